The lowest BCUT2D eigenvalue weighted by molar-refractivity contribution is -0.174. The van der Waals surface area contributed by atoms with Crippen LogP contribution < -0.4 is 5.32 Å². The molecule has 1 aliphatic carbocycles. The van der Waals surface area contributed by atoms with Gasteiger partial charge in [0.05, 0.1) is 19.1 Å². The summed E-state index contributed by atoms with van der Waals surface area (Å²) in [6.45, 7) is 0.429. The predicted octanol–water partition coefficient (Wildman–Crippen LogP) is 2.54. The Morgan fingerprint density at radius 2 is 2.05 bits per heavy atom. The molecule has 0 aliphatic heterocycles. The van der Waals surface area contributed by atoms with E-state index < -0.39 is 24.2 Å². The third kappa shape index (κ3) is 5.78. The largest absolute Gasteiger partial charge is 0.411 e. The van der Waals surface area contributed by atoms with Gasteiger partial charge in [-0.2, -0.15) is 18.4 Å². The molecule has 0 bridgehead atoms. The van der Waals surface area contributed by atoms with Crippen LogP contribution in [0.15, 0.2) is 0 Å². The second kappa shape index (κ2) is 6.93. The van der Waals surface area contributed by atoms with E-state index >= 15 is 0 Å². The van der Waals surface area contributed by atoms with E-state index in [1.165, 1.54) is 0 Å². The fourth-order valence-electron chi connectivity index (χ4n) is 2.20. The molecule has 1 rings (SSSR count). The van der Waals surface area contributed by atoms with Gasteiger partial charge < -0.3 is 10.1 Å². The van der Waals surface area contributed by atoms with E-state index in [9.17, 15) is 23.2 Å². The first-order chi connectivity index (χ1) is 9.26. The molecule has 1 N–H and O–H groups in total. The van der Waals surface area contributed by atoms with Crippen molar-refractivity contribution in [1.29, 1.82) is 5.26 Å². The summed E-state index contributed by atoms with van der Waals surface area (Å²) in [7, 11) is 0. The van der Waals surface area contributed by atoms with Gasteiger partial charge in [0.1, 0.15) is 12.1 Å². The Bertz CT molecular complexity index is 369. The van der Waals surface area contributed by atoms with Gasteiger partial charge in [0.2, 0.25) is 5.91 Å². The Morgan fingerprint density at radius 3 is 2.55 bits per heavy atom. The first-order valence-corrected chi connectivity index (χ1v) is 6.63. The number of carbonyl (C=O) groups excluding carboxylic acids is 1. The maximum Gasteiger partial charge on any atom is 0.411 e. The summed E-state index contributed by atoms with van der Waals surface area (Å²) < 4.78 is 39.9. The van der Waals surface area contributed by atoms with Crippen LogP contribution in [0.5, 0.6) is 0 Å². The van der Waals surface area contributed by atoms with E-state index in [0.29, 0.717) is 18.8 Å². The zero-order valence-corrected chi connectivity index (χ0v) is 11.4. The van der Waals surface area contributed by atoms with Gasteiger partial charge in [-0.05, 0) is 31.6 Å². The van der Waals surface area contributed by atoms with Gasteiger partial charge in [-0.25, -0.2) is 0 Å². The minimum absolute atomic E-state index is 0.172. The first kappa shape index (κ1) is 16.8. The Morgan fingerprint density at radius 1 is 1.45 bits per heavy atom. The van der Waals surface area contributed by atoms with Gasteiger partial charge in [0.25, 0.3) is 0 Å². The summed E-state index contributed by atoms with van der Waals surface area (Å²) in [6.07, 6.45) is -1.67. The lowest BCUT2D eigenvalue weighted by Crippen LogP contribution is -2.49. The molecule has 1 aliphatic rings. The molecule has 0 radical (unpaired) electrons. The Labute approximate surface area is 116 Å². The third-order valence-corrected chi connectivity index (χ3v) is 3.46. The molecule has 20 heavy (non-hydrogen) atoms. The molecule has 114 valence electrons. The fraction of sp³-hybridized carbons (Fsp3) is 0.846. The van der Waals surface area contributed by atoms with Crippen LogP contribution in [0.2, 0.25) is 0 Å². The van der Waals surface area contributed by atoms with Crippen LogP contribution in [-0.2, 0) is 9.53 Å². The van der Waals surface area contributed by atoms with Gasteiger partial charge in [-0.1, -0.05) is 6.92 Å². The number of alkyl halides is 3. The lowest BCUT2D eigenvalue weighted by Gasteiger charge is -2.34. The highest BCUT2D eigenvalue weighted by Crippen LogP contribution is 2.31. The fourth-order valence-corrected chi connectivity index (χ4v) is 2.20. The number of carbonyl (C=O) groups is 1. The number of amides is 1. The summed E-state index contributed by atoms with van der Waals surface area (Å²) in [5, 5.41) is 11.8. The summed E-state index contributed by atoms with van der Waals surface area (Å²) in [4.78, 5) is 11.7. The number of hydrogen-bond acceptors (Lipinski definition) is 3. The van der Waals surface area contributed by atoms with Crippen LogP contribution in [0.3, 0.4) is 0 Å². The lowest BCUT2D eigenvalue weighted by atomic mass is 9.78. The molecule has 1 fully saturated rings. The minimum atomic E-state index is -4.39. The molecular formula is C13H19F3N2O2. The second-order valence-corrected chi connectivity index (χ2v) is 5.34. The summed E-state index contributed by atoms with van der Waals surface area (Å²) >= 11 is 0. The Kier molecular flexibility index (Phi) is 5.81. The Balaban J connectivity index is 2.32. The molecular weight excluding hydrogens is 273 g/mol. The van der Waals surface area contributed by atoms with Crippen LogP contribution >= 0.6 is 0 Å². The van der Waals surface area contributed by atoms with Crippen molar-refractivity contribution in [2.75, 3.05) is 13.2 Å². The smallest absolute Gasteiger partial charge is 0.372 e. The van der Waals surface area contributed by atoms with Crippen molar-refractivity contribution < 1.29 is 22.7 Å². The number of halogens is 3. The van der Waals surface area contributed by atoms with E-state index in [1.54, 1.807) is 0 Å². The van der Waals surface area contributed by atoms with Gasteiger partial charge in [0, 0.05) is 0 Å². The average Bonchev–Trinajstić information content (AvgIpc) is 2.37. The molecule has 0 saturated heterocycles. The SMILES string of the molecule is CC1CCC(C#N)(NC(=O)CCOCC(F)(F)F)CC1. The molecule has 4 nitrogen and oxygen atoms in total. The van der Waals surface area contributed by atoms with Crippen LogP contribution in [-0.4, -0.2) is 30.8 Å². The number of rotatable bonds is 5. The van der Waals surface area contributed by atoms with Crippen LogP contribution in [0, 0.1) is 17.2 Å². The van der Waals surface area contributed by atoms with Crippen LogP contribution in [0.4, 0.5) is 13.2 Å². The summed E-state index contributed by atoms with van der Waals surface area (Å²) in [5.74, 6) is 0.0896. The van der Waals surface area contributed by atoms with E-state index in [1.807, 2.05) is 0 Å². The normalized spacial score (nSPS) is 26.9. The molecule has 0 spiro atoms. The van der Waals surface area contributed by atoms with Crippen LogP contribution in [0.1, 0.15) is 39.0 Å². The van der Waals surface area contributed by atoms with Crippen molar-refractivity contribution in [3.05, 3.63) is 0 Å². The van der Waals surface area contributed by atoms with Gasteiger partial charge in [-0.15, -0.1) is 0 Å². The molecule has 0 aromatic carbocycles. The number of nitrogens with one attached hydrogen (secondary N) is 1. The molecule has 0 aromatic rings. The topological polar surface area (TPSA) is 62.1 Å². The monoisotopic (exact) mass is 292 g/mol. The van der Waals surface area contributed by atoms with Gasteiger partial charge >= 0.3 is 6.18 Å². The molecule has 0 unspecified atom stereocenters. The highest BCUT2D eigenvalue weighted by molar-refractivity contribution is 5.77. The predicted molar refractivity (Wildman–Crippen MR) is 65.6 cm³/mol. The van der Waals surface area contributed by atoms with Crippen molar-refractivity contribution in [2.24, 2.45) is 5.92 Å². The number of ether oxygens (including phenoxy) is 1. The maximum absolute atomic E-state index is 11.8. The molecule has 1 amide bonds. The molecule has 0 heterocycles. The molecule has 7 heteroatoms. The van der Waals surface area contributed by atoms with Gasteiger partial charge in [0.15, 0.2) is 0 Å². The highest BCUT2D eigenvalue weighted by atomic mass is 19.4. The van der Waals surface area contributed by atoms with Crippen molar-refractivity contribution >= 4 is 5.91 Å². The number of nitriles is 1. The molecule has 1 saturated carbocycles. The third-order valence-electron chi connectivity index (χ3n) is 3.46. The first-order valence-electron chi connectivity index (χ1n) is 6.63. The maximum atomic E-state index is 11.8. The number of hydrogen-bond donors (Lipinski definition) is 1. The zero-order chi connectivity index (χ0) is 15.2. The standard InChI is InChI=1S/C13H19F3N2O2/c1-10-2-5-12(8-17,6-3-10)18-11(19)4-7-20-9-13(14,15)16/h10H,2-7,9H2,1H3,(H,18,19). The second-order valence-electron chi connectivity index (χ2n) is 5.34. The summed E-state index contributed by atoms with van der Waals surface area (Å²) in [6, 6.07) is 2.13. The van der Waals surface area contributed by atoms with E-state index in [-0.39, 0.29) is 13.0 Å². The number of nitrogens with zero attached hydrogens (tertiary/aromatic N) is 1. The van der Waals surface area contributed by atoms with Crippen molar-refractivity contribution in [3.8, 4) is 6.07 Å². The van der Waals surface area contributed by atoms with Crippen molar-refractivity contribution in [1.82, 2.24) is 5.32 Å². The van der Waals surface area contributed by atoms with Gasteiger partial charge in [-0.3, -0.25) is 4.79 Å². The Hall–Kier alpha value is -1.29. The zero-order valence-electron chi connectivity index (χ0n) is 11.4. The van der Waals surface area contributed by atoms with Crippen LogP contribution in [0.25, 0.3) is 0 Å². The minimum Gasteiger partial charge on any atom is -0.372 e. The van der Waals surface area contributed by atoms with E-state index in [4.69, 9.17) is 0 Å². The van der Waals surface area contributed by atoms with Crippen molar-refractivity contribution in [3.63, 3.8) is 0 Å². The van der Waals surface area contributed by atoms with E-state index in [0.717, 1.165) is 12.8 Å². The summed E-state index contributed by atoms with van der Waals surface area (Å²) in [5.41, 5.74) is -0.867. The highest BCUT2D eigenvalue weighted by Gasteiger charge is 2.35. The average molecular weight is 292 g/mol. The molecule has 0 atom stereocenters. The molecule has 0 aromatic heterocycles. The quantitative estimate of drug-likeness (QED) is 0.792. The van der Waals surface area contributed by atoms with E-state index in [2.05, 4.69) is 23.0 Å². The van der Waals surface area contributed by atoms with Crippen molar-refractivity contribution in [2.45, 2.75) is 50.7 Å².